The summed E-state index contributed by atoms with van der Waals surface area (Å²) in [7, 11) is 1.78. The predicted octanol–water partition coefficient (Wildman–Crippen LogP) is 2.79. The molecule has 0 atom stereocenters. The van der Waals surface area contributed by atoms with Crippen LogP contribution in [-0.2, 0) is 4.74 Å². The van der Waals surface area contributed by atoms with Gasteiger partial charge in [-0.1, -0.05) is 32.1 Å². The fourth-order valence-electron chi connectivity index (χ4n) is 3.40. The van der Waals surface area contributed by atoms with E-state index in [1.54, 1.807) is 7.11 Å². The van der Waals surface area contributed by atoms with Crippen molar-refractivity contribution in [2.75, 3.05) is 26.8 Å². The number of hydrogen-bond acceptors (Lipinski definition) is 3. The molecular formula is C15H32N2O. The summed E-state index contributed by atoms with van der Waals surface area (Å²) in [4.78, 5) is 2.60. The molecule has 108 valence electrons. The standard InChI is InChI=1S/C15H32N2O/c1-14(2)17(11-12-18-3)15(13-16)9-7-5-4-6-8-10-15/h14H,4-13,16H2,1-3H3. The SMILES string of the molecule is COCCN(C(C)C)C1(CN)CCCCCCC1. The average Bonchev–Trinajstić information content (AvgIpc) is 2.31. The van der Waals surface area contributed by atoms with Gasteiger partial charge in [-0.15, -0.1) is 0 Å². The van der Waals surface area contributed by atoms with Crippen molar-refractivity contribution in [1.29, 1.82) is 0 Å². The second kappa shape index (κ2) is 8.13. The number of nitrogens with two attached hydrogens (primary N) is 1. The Labute approximate surface area is 113 Å². The van der Waals surface area contributed by atoms with Crippen LogP contribution in [-0.4, -0.2) is 43.3 Å². The van der Waals surface area contributed by atoms with E-state index in [0.29, 0.717) is 6.04 Å². The summed E-state index contributed by atoms with van der Waals surface area (Å²) in [6, 6.07) is 0.545. The molecule has 0 aromatic rings. The molecule has 3 nitrogen and oxygen atoms in total. The Bertz CT molecular complexity index is 211. The molecule has 1 fully saturated rings. The number of rotatable bonds is 6. The first kappa shape index (κ1) is 15.9. The van der Waals surface area contributed by atoms with Crippen molar-refractivity contribution in [3.8, 4) is 0 Å². The van der Waals surface area contributed by atoms with Gasteiger partial charge in [0.05, 0.1) is 6.61 Å². The van der Waals surface area contributed by atoms with E-state index in [1.807, 2.05) is 0 Å². The van der Waals surface area contributed by atoms with Gasteiger partial charge in [-0.2, -0.15) is 0 Å². The van der Waals surface area contributed by atoms with Crippen molar-refractivity contribution in [1.82, 2.24) is 4.90 Å². The van der Waals surface area contributed by atoms with E-state index in [9.17, 15) is 0 Å². The van der Waals surface area contributed by atoms with Crippen LogP contribution < -0.4 is 5.73 Å². The second-order valence-corrected chi connectivity index (χ2v) is 5.98. The molecule has 1 saturated carbocycles. The maximum Gasteiger partial charge on any atom is 0.0590 e. The van der Waals surface area contributed by atoms with Gasteiger partial charge in [0, 0.05) is 31.8 Å². The molecule has 1 aliphatic rings. The first-order valence-corrected chi connectivity index (χ1v) is 7.62. The molecule has 0 saturated heterocycles. The highest BCUT2D eigenvalue weighted by Crippen LogP contribution is 2.32. The summed E-state index contributed by atoms with van der Waals surface area (Å²) in [5.74, 6) is 0. The van der Waals surface area contributed by atoms with Crippen molar-refractivity contribution in [2.45, 2.75) is 70.4 Å². The first-order valence-electron chi connectivity index (χ1n) is 7.62. The molecular weight excluding hydrogens is 224 g/mol. The number of methoxy groups -OCH3 is 1. The molecule has 3 heteroatoms. The van der Waals surface area contributed by atoms with E-state index in [1.165, 1.54) is 44.9 Å². The average molecular weight is 256 g/mol. The Morgan fingerprint density at radius 3 is 2.11 bits per heavy atom. The summed E-state index contributed by atoms with van der Waals surface area (Å²) in [6.45, 7) is 7.16. The molecule has 0 bridgehead atoms. The first-order chi connectivity index (χ1) is 8.66. The Kier molecular flexibility index (Phi) is 7.20. The highest BCUT2D eigenvalue weighted by Gasteiger charge is 2.36. The van der Waals surface area contributed by atoms with Crippen LogP contribution in [0.15, 0.2) is 0 Å². The van der Waals surface area contributed by atoms with E-state index >= 15 is 0 Å². The normalized spacial score (nSPS) is 21.0. The van der Waals surface area contributed by atoms with E-state index in [-0.39, 0.29) is 5.54 Å². The zero-order chi connectivity index (χ0) is 13.4. The minimum atomic E-state index is 0.215. The van der Waals surface area contributed by atoms with Gasteiger partial charge >= 0.3 is 0 Å². The molecule has 0 heterocycles. The van der Waals surface area contributed by atoms with Crippen molar-refractivity contribution < 1.29 is 4.74 Å². The van der Waals surface area contributed by atoms with Gasteiger partial charge in [0.25, 0.3) is 0 Å². The van der Waals surface area contributed by atoms with Crippen LogP contribution >= 0.6 is 0 Å². The molecule has 1 rings (SSSR count). The second-order valence-electron chi connectivity index (χ2n) is 5.98. The Morgan fingerprint density at radius 1 is 1.11 bits per heavy atom. The lowest BCUT2D eigenvalue weighted by atomic mass is 9.81. The fraction of sp³-hybridized carbons (Fsp3) is 1.00. The fourth-order valence-corrected chi connectivity index (χ4v) is 3.40. The largest absolute Gasteiger partial charge is 0.383 e. The van der Waals surface area contributed by atoms with E-state index in [2.05, 4.69) is 18.7 Å². The van der Waals surface area contributed by atoms with Gasteiger partial charge in [-0.25, -0.2) is 0 Å². The summed E-state index contributed by atoms with van der Waals surface area (Å²) in [6.07, 6.45) is 9.31. The van der Waals surface area contributed by atoms with E-state index < -0.39 is 0 Å². The molecule has 0 aliphatic heterocycles. The van der Waals surface area contributed by atoms with Gasteiger partial charge in [0.1, 0.15) is 0 Å². The monoisotopic (exact) mass is 256 g/mol. The molecule has 0 unspecified atom stereocenters. The zero-order valence-electron chi connectivity index (χ0n) is 12.6. The zero-order valence-corrected chi connectivity index (χ0v) is 12.6. The molecule has 1 aliphatic carbocycles. The molecule has 0 aromatic carbocycles. The lowest BCUT2D eigenvalue weighted by Gasteiger charge is -2.47. The molecule has 2 N–H and O–H groups in total. The van der Waals surface area contributed by atoms with E-state index in [0.717, 1.165) is 19.7 Å². The topological polar surface area (TPSA) is 38.5 Å². The molecule has 0 radical (unpaired) electrons. The molecule has 0 aromatic heterocycles. The van der Waals surface area contributed by atoms with Crippen molar-refractivity contribution in [3.63, 3.8) is 0 Å². The van der Waals surface area contributed by atoms with Gasteiger partial charge in [0.2, 0.25) is 0 Å². The molecule has 18 heavy (non-hydrogen) atoms. The third-order valence-corrected chi connectivity index (χ3v) is 4.43. The summed E-state index contributed by atoms with van der Waals surface area (Å²) in [5, 5.41) is 0. The molecule has 0 amide bonds. The third kappa shape index (κ3) is 4.22. The number of hydrogen-bond donors (Lipinski definition) is 1. The lowest BCUT2D eigenvalue weighted by molar-refractivity contribution is 0.0169. The molecule has 0 spiro atoms. The predicted molar refractivity (Wildman–Crippen MR) is 77.8 cm³/mol. The third-order valence-electron chi connectivity index (χ3n) is 4.43. The summed E-state index contributed by atoms with van der Waals surface area (Å²) >= 11 is 0. The maximum absolute atomic E-state index is 6.19. The lowest BCUT2D eigenvalue weighted by Crippen LogP contribution is -2.57. The quantitative estimate of drug-likeness (QED) is 0.794. The maximum atomic E-state index is 6.19. The minimum Gasteiger partial charge on any atom is -0.383 e. The highest BCUT2D eigenvalue weighted by atomic mass is 16.5. The number of ether oxygens (including phenoxy) is 1. The minimum absolute atomic E-state index is 0.215. The number of nitrogens with zero attached hydrogens (tertiary/aromatic N) is 1. The van der Waals surface area contributed by atoms with Gasteiger partial charge in [-0.3, -0.25) is 4.90 Å². The van der Waals surface area contributed by atoms with E-state index in [4.69, 9.17) is 10.5 Å². The van der Waals surface area contributed by atoms with Crippen molar-refractivity contribution in [2.24, 2.45) is 5.73 Å². The van der Waals surface area contributed by atoms with Crippen LogP contribution in [0.2, 0.25) is 0 Å². The van der Waals surface area contributed by atoms with Crippen LogP contribution in [0.25, 0.3) is 0 Å². The Balaban J connectivity index is 2.77. The van der Waals surface area contributed by atoms with Gasteiger partial charge in [0.15, 0.2) is 0 Å². The summed E-state index contributed by atoms with van der Waals surface area (Å²) in [5.41, 5.74) is 6.40. The van der Waals surface area contributed by atoms with Crippen LogP contribution in [0.4, 0.5) is 0 Å². The van der Waals surface area contributed by atoms with Crippen LogP contribution in [0, 0.1) is 0 Å². The Hall–Kier alpha value is -0.120. The van der Waals surface area contributed by atoms with Gasteiger partial charge in [-0.05, 0) is 26.7 Å². The van der Waals surface area contributed by atoms with Crippen molar-refractivity contribution in [3.05, 3.63) is 0 Å². The summed E-state index contributed by atoms with van der Waals surface area (Å²) < 4.78 is 5.28. The smallest absolute Gasteiger partial charge is 0.0590 e. The van der Waals surface area contributed by atoms with Gasteiger partial charge < -0.3 is 10.5 Å². The Morgan fingerprint density at radius 2 is 1.67 bits per heavy atom. The van der Waals surface area contributed by atoms with Crippen molar-refractivity contribution >= 4 is 0 Å². The van der Waals surface area contributed by atoms with Crippen LogP contribution in [0.3, 0.4) is 0 Å². The van der Waals surface area contributed by atoms with Crippen LogP contribution in [0.1, 0.15) is 58.8 Å². The highest BCUT2D eigenvalue weighted by molar-refractivity contribution is 4.94. The van der Waals surface area contributed by atoms with Crippen LogP contribution in [0.5, 0.6) is 0 Å².